The number of rotatable bonds is 5. The zero-order chi connectivity index (χ0) is 18.0. The Bertz CT molecular complexity index is 567. The first-order valence-electron chi connectivity index (χ1n) is 10.3. The lowest BCUT2D eigenvalue weighted by Gasteiger charge is -2.44. The maximum Gasteiger partial charge on any atom is 0.279 e. The van der Waals surface area contributed by atoms with Gasteiger partial charge in [0.25, 0.3) is 10.2 Å². The summed E-state index contributed by atoms with van der Waals surface area (Å²) in [6, 6.07) is 0.675. The molecule has 1 N–H and O–H groups in total. The molecule has 3 saturated heterocycles. The third kappa shape index (κ3) is 4.10. The predicted octanol–water partition coefficient (Wildman–Crippen LogP) is 1.31. The van der Waals surface area contributed by atoms with Crippen LogP contribution in [0.1, 0.15) is 51.4 Å². The summed E-state index contributed by atoms with van der Waals surface area (Å²) in [5.41, 5.74) is 0. The van der Waals surface area contributed by atoms with Gasteiger partial charge in [-0.05, 0) is 38.1 Å². The fourth-order valence-corrected chi connectivity index (χ4v) is 6.46. The molecule has 0 radical (unpaired) electrons. The van der Waals surface area contributed by atoms with Crippen LogP contribution in [-0.2, 0) is 19.7 Å². The van der Waals surface area contributed by atoms with Gasteiger partial charge in [-0.15, -0.1) is 0 Å². The Morgan fingerprint density at radius 3 is 2.42 bits per heavy atom. The molecule has 7 nitrogen and oxygen atoms in total. The van der Waals surface area contributed by atoms with Gasteiger partial charge in [-0.2, -0.15) is 12.7 Å². The first kappa shape index (κ1) is 19.1. The van der Waals surface area contributed by atoms with Gasteiger partial charge in [-0.3, -0.25) is 4.90 Å². The smallest absolute Gasteiger partial charge is 0.279 e. The van der Waals surface area contributed by atoms with Crippen molar-refractivity contribution < 1.29 is 17.9 Å². The lowest BCUT2D eigenvalue weighted by molar-refractivity contribution is -0.179. The Kier molecular flexibility index (Phi) is 5.88. The van der Waals surface area contributed by atoms with Gasteiger partial charge in [0.1, 0.15) is 0 Å². The van der Waals surface area contributed by atoms with Crippen LogP contribution in [0.15, 0.2) is 0 Å². The highest BCUT2D eigenvalue weighted by molar-refractivity contribution is 7.87. The molecule has 0 aromatic heterocycles. The number of piperidine rings is 2. The molecule has 4 aliphatic rings. The second kappa shape index (κ2) is 8.01. The number of hydrogen-bond donors (Lipinski definition) is 1. The number of ether oxygens (including phenoxy) is 2. The minimum absolute atomic E-state index is 0.462. The molecule has 1 saturated carbocycles. The highest BCUT2D eigenvalue weighted by Gasteiger charge is 2.42. The molecule has 1 spiro atoms. The van der Waals surface area contributed by atoms with Crippen molar-refractivity contribution in [3.63, 3.8) is 0 Å². The van der Waals surface area contributed by atoms with E-state index < -0.39 is 16.0 Å². The quantitative estimate of drug-likeness (QED) is 0.770. The molecule has 8 heteroatoms. The minimum atomic E-state index is -3.41. The molecule has 4 fully saturated rings. The Labute approximate surface area is 157 Å². The van der Waals surface area contributed by atoms with Crippen LogP contribution in [-0.4, -0.2) is 75.4 Å². The first-order valence-corrected chi connectivity index (χ1v) is 11.8. The largest absolute Gasteiger partial charge is 0.347 e. The van der Waals surface area contributed by atoms with E-state index in [0.717, 1.165) is 19.0 Å². The van der Waals surface area contributed by atoms with Crippen LogP contribution in [0.2, 0.25) is 0 Å². The SMILES string of the molecule is O=S(=O)(NCCN1CCC[C@@H]2CCCC[C@@H]21)N1CCC2(CC1)OCCO2. The summed E-state index contributed by atoms with van der Waals surface area (Å²) >= 11 is 0. The van der Waals surface area contributed by atoms with E-state index in [1.807, 2.05) is 0 Å². The van der Waals surface area contributed by atoms with Crippen molar-refractivity contribution in [2.75, 3.05) is 45.9 Å². The van der Waals surface area contributed by atoms with Gasteiger partial charge < -0.3 is 9.47 Å². The van der Waals surface area contributed by atoms with Gasteiger partial charge in [0.15, 0.2) is 5.79 Å². The Balaban J connectivity index is 1.25. The monoisotopic (exact) mass is 387 g/mol. The summed E-state index contributed by atoms with van der Waals surface area (Å²) in [6.45, 7) is 4.59. The van der Waals surface area contributed by atoms with E-state index in [1.165, 1.54) is 38.5 Å². The molecule has 2 atom stereocenters. The number of fused-ring (bicyclic) bond motifs is 1. The topological polar surface area (TPSA) is 71.1 Å². The van der Waals surface area contributed by atoms with E-state index >= 15 is 0 Å². The minimum Gasteiger partial charge on any atom is -0.347 e. The first-order chi connectivity index (χ1) is 12.6. The summed E-state index contributed by atoms with van der Waals surface area (Å²) in [5, 5.41) is 0. The molecule has 1 aliphatic carbocycles. The number of hydrogen-bond acceptors (Lipinski definition) is 5. The zero-order valence-electron chi connectivity index (χ0n) is 15.7. The van der Waals surface area contributed by atoms with E-state index in [-0.39, 0.29) is 0 Å². The van der Waals surface area contributed by atoms with E-state index in [2.05, 4.69) is 9.62 Å². The van der Waals surface area contributed by atoms with Crippen molar-refractivity contribution in [3.05, 3.63) is 0 Å². The van der Waals surface area contributed by atoms with Crippen molar-refractivity contribution >= 4 is 10.2 Å². The molecule has 0 amide bonds. The molecule has 3 heterocycles. The normalized spacial score (nSPS) is 33.4. The van der Waals surface area contributed by atoms with Gasteiger partial charge in [0, 0.05) is 45.1 Å². The predicted molar refractivity (Wildman–Crippen MR) is 98.9 cm³/mol. The van der Waals surface area contributed by atoms with Crippen molar-refractivity contribution in [1.82, 2.24) is 13.9 Å². The van der Waals surface area contributed by atoms with Crippen LogP contribution < -0.4 is 4.72 Å². The Morgan fingerprint density at radius 1 is 0.962 bits per heavy atom. The number of nitrogens with zero attached hydrogens (tertiary/aromatic N) is 2. The van der Waals surface area contributed by atoms with E-state index in [9.17, 15) is 8.42 Å². The fraction of sp³-hybridized carbons (Fsp3) is 1.00. The third-order valence-electron chi connectivity index (χ3n) is 6.68. The van der Waals surface area contributed by atoms with Crippen molar-refractivity contribution in [2.24, 2.45) is 5.92 Å². The number of likely N-dealkylation sites (tertiary alicyclic amines) is 1. The second-order valence-electron chi connectivity index (χ2n) is 8.20. The maximum absolute atomic E-state index is 12.6. The molecule has 0 aromatic carbocycles. The van der Waals surface area contributed by atoms with Crippen LogP contribution >= 0.6 is 0 Å². The van der Waals surface area contributed by atoms with Crippen LogP contribution in [0.25, 0.3) is 0 Å². The van der Waals surface area contributed by atoms with Crippen LogP contribution in [0.3, 0.4) is 0 Å². The van der Waals surface area contributed by atoms with Gasteiger partial charge in [0.05, 0.1) is 13.2 Å². The highest BCUT2D eigenvalue weighted by atomic mass is 32.2. The average Bonchev–Trinajstić information content (AvgIpc) is 3.10. The second-order valence-corrected chi connectivity index (χ2v) is 9.95. The standard InChI is InChI=1S/C18H33N3O4S/c22-26(23,21-11-7-18(8-12-21)24-14-15-25-18)19-9-13-20-10-3-5-16-4-1-2-6-17(16)20/h16-17,19H,1-15H2/t16-,17-/m0/s1. The lowest BCUT2D eigenvalue weighted by atomic mass is 9.78. The van der Waals surface area contributed by atoms with Crippen molar-refractivity contribution in [3.8, 4) is 0 Å². The molecule has 150 valence electrons. The number of nitrogens with one attached hydrogen (secondary N) is 1. The van der Waals surface area contributed by atoms with E-state index in [4.69, 9.17) is 9.47 Å². The maximum atomic E-state index is 12.6. The molecule has 0 unspecified atom stereocenters. The molecule has 0 bridgehead atoms. The van der Waals surface area contributed by atoms with Crippen LogP contribution in [0, 0.1) is 5.92 Å². The van der Waals surface area contributed by atoms with Crippen LogP contribution in [0.5, 0.6) is 0 Å². The van der Waals surface area contributed by atoms with Crippen molar-refractivity contribution in [2.45, 2.75) is 63.2 Å². The van der Waals surface area contributed by atoms with Gasteiger partial charge in [0.2, 0.25) is 0 Å². The summed E-state index contributed by atoms with van der Waals surface area (Å²) < 4.78 is 41.0. The summed E-state index contributed by atoms with van der Waals surface area (Å²) in [6.07, 6.45) is 9.16. The molecular weight excluding hydrogens is 354 g/mol. The molecule has 4 rings (SSSR count). The van der Waals surface area contributed by atoms with Crippen molar-refractivity contribution in [1.29, 1.82) is 0 Å². The molecular formula is C18H33N3O4S. The third-order valence-corrected chi connectivity index (χ3v) is 8.29. The van der Waals surface area contributed by atoms with Gasteiger partial charge >= 0.3 is 0 Å². The Hall–Kier alpha value is -0.250. The Morgan fingerprint density at radius 2 is 1.65 bits per heavy atom. The van der Waals surface area contributed by atoms with E-state index in [0.29, 0.717) is 51.7 Å². The average molecular weight is 388 g/mol. The summed E-state index contributed by atoms with van der Waals surface area (Å²) in [5.74, 6) is 0.300. The zero-order valence-corrected chi connectivity index (χ0v) is 16.5. The highest BCUT2D eigenvalue weighted by Crippen LogP contribution is 2.35. The molecule has 3 aliphatic heterocycles. The molecule has 0 aromatic rings. The van der Waals surface area contributed by atoms with Gasteiger partial charge in [-0.25, -0.2) is 4.72 Å². The fourth-order valence-electron chi connectivity index (χ4n) is 5.27. The van der Waals surface area contributed by atoms with E-state index in [1.54, 1.807) is 4.31 Å². The van der Waals surface area contributed by atoms with Crippen LogP contribution in [0.4, 0.5) is 0 Å². The molecule has 26 heavy (non-hydrogen) atoms. The van der Waals surface area contributed by atoms with Gasteiger partial charge in [-0.1, -0.05) is 12.8 Å². The lowest BCUT2D eigenvalue weighted by Crippen LogP contribution is -2.53. The summed E-state index contributed by atoms with van der Waals surface area (Å²) in [4.78, 5) is 2.53. The summed E-state index contributed by atoms with van der Waals surface area (Å²) in [7, 11) is -3.41.